The molecule has 3 atom stereocenters. The van der Waals surface area contributed by atoms with Crippen molar-refractivity contribution in [3.05, 3.63) is 11.9 Å². The zero-order valence-corrected chi connectivity index (χ0v) is 12.0. The number of nitrogens with two attached hydrogens (primary N) is 1. The van der Waals surface area contributed by atoms with Crippen molar-refractivity contribution in [2.75, 3.05) is 18.2 Å². The van der Waals surface area contributed by atoms with Gasteiger partial charge in [-0.2, -0.15) is 0 Å². The fraction of sp³-hybridized carbons (Fsp3) is 0.714. The molecule has 5 nitrogen and oxygen atoms in total. The monoisotopic (exact) mass is 264 g/mol. The lowest BCUT2D eigenvalue weighted by molar-refractivity contribution is 0.178. The molecule has 0 aromatic carbocycles. The molecule has 0 bridgehead atoms. The molecule has 5 heteroatoms. The maximum Gasteiger partial charge on any atom is 0.158 e. The first-order valence-corrected chi connectivity index (χ1v) is 7.03. The lowest BCUT2D eigenvalue weighted by atomic mass is 9.93. The Morgan fingerprint density at radius 1 is 1.42 bits per heavy atom. The van der Waals surface area contributed by atoms with Crippen LogP contribution in [-0.2, 0) is 11.3 Å². The molecule has 3 unspecified atom stereocenters. The summed E-state index contributed by atoms with van der Waals surface area (Å²) in [5.41, 5.74) is 5.81. The predicted octanol–water partition coefficient (Wildman–Crippen LogP) is 2.44. The van der Waals surface area contributed by atoms with E-state index < -0.39 is 0 Å². The molecule has 1 aromatic rings. The van der Waals surface area contributed by atoms with Gasteiger partial charge in [-0.1, -0.05) is 20.3 Å². The molecule has 1 aromatic heterocycles. The van der Waals surface area contributed by atoms with Crippen molar-refractivity contribution >= 4 is 11.6 Å². The van der Waals surface area contributed by atoms with Gasteiger partial charge in [-0.25, -0.2) is 9.97 Å². The molecule has 3 N–H and O–H groups in total. The van der Waals surface area contributed by atoms with Crippen molar-refractivity contribution in [3.8, 4) is 0 Å². The number of nitrogen functional groups attached to an aromatic ring is 1. The summed E-state index contributed by atoms with van der Waals surface area (Å²) >= 11 is 0. The first-order chi connectivity index (χ1) is 9.13. The van der Waals surface area contributed by atoms with Gasteiger partial charge in [-0.3, -0.25) is 0 Å². The van der Waals surface area contributed by atoms with Crippen LogP contribution >= 0.6 is 0 Å². The van der Waals surface area contributed by atoms with Crippen LogP contribution < -0.4 is 11.1 Å². The zero-order valence-electron chi connectivity index (χ0n) is 12.0. The van der Waals surface area contributed by atoms with Crippen LogP contribution in [0.2, 0.25) is 0 Å². The van der Waals surface area contributed by atoms with E-state index in [1.54, 1.807) is 13.2 Å². The number of nitrogens with one attached hydrogen (secondary N) is 1. The standard InChI is InChI=1S/C14H24N4O/c1-4-10-5-6-11(9(10)2)16-13-7-12(15)17-14(18-13)8-19-3/h7,9-11H,4-6,8H2,1-3H3,(H3,15,16,17,18). The van der Waals surface area contributed by atoms with Gasteiger partial charge in [0.25, 0.3) is 0 Å². The average molecular weight is 264 g/mol. The molecular formula is C14H24N4O. The summed E-state index contributed by atoms with van der Waals surface area (Å²) in [5, 5.41) is 3.51. The van der Waals surface area contributed by atoms with Crippen molar-refractivity contribution in [2.45, 2.75) is 45.8 Å². The zero-order chi connectivity index (χ0) is 13.8. The Hall–Kier alpha value is -1.36. The van der Waals surface area contributed by atoms with Gasteiger partial charge in [0.05, 0.1) is 0 Å². The maximum absolute atomic E-state index is 5.81. The molecule has 0 spiro atoms. The van der Waals surface area contributed by atoms with E-state index in [0.29, 0.717) is 30.2 Å². The van der Waals surface area contributed by atoms with Crippen LogP contribution in [0.4, 0.5) is 11.6 Å². The molecule has 1 aliphatic carbocycles. The molecule has 0 aliphatic heterocycles. The molecular weight excluding hydrogens is 240 g/mol. The molecule has 2 rings (SSSR count). The van der Waals surface area contributed by atoms with Crippen LogP contribution in [0.25, 0.3) is 0 Å². The Morgan fingerprint density at radius 3 is 2.84 bits per heavy atom. The summed E-state index contributed by atoms with van der Waals surface area (Å²) in [6.07, 6.45) is 3.74. The molecule has 1 heterocycles. The predicted molar refractivity (Wildman–Crippen MR) is 76.7 cm³/mol. The SMILES string of the molecule is CCC1CCC(Nc2cc(N)nc(COC)n2)C1C. The molecule has 1 saturated carbocycles. The summed E-state index contributed by atoms with van der Waals surface area (Å²) in [5.74, 6) is 3.42. The number of hydrogen-bond acceptors (Lipinski definition) is 5. The maximum atomic E-state index is 5.81. The normalized spacial score (nSPS) is 26.6. The second-order valence-corrected chi connectivity index (χ2v) is 5.38. The van der Waals surface area contributed by atoms with Gasteiger partial charge >= 0.3 is 0 Å². The van der Waals surface area contributed by atoms with Gasteiger partial charge in [0.1, 0.15) is 18.2 Å². The van der Waals surface area contributed by atoms with Crippen molar-refractivity contribution in [3.63, 3.8) is 0 Å². The quantitative estimate of drug-likeness (QED) is 0.854. The second-order valence-electron chi connectivity index (χ2n) is 5.38. The van der Waals surface area contributed by atoms with Crippen molar-refractivity contribution in [1.29, 1.82) is 0 Å². The Labute approximate surface area is 115 Å². The molecule has 106 valence electrons. The van der Waals surface area contributed by atoms with Crippen LogP contribution in [0, 0.1) is 11.8 Å². The van der Waals surface area contributed by atoms with Crippen LogP contribution in [0.15, 0.2) is 6.07 Å². The van der Waals surface area contributed by atoms with Crippen LogP contribution in [0.5, 0.6) is 0 Å². The van der Waals surface area contributed by atoms with Crippen LogP contribution in [0.3, 0.4) is 0 Å². The van der Waals surface area contributed by atoms with Crippen molar-refractivity contribution < 1.29 is 4.74 Å². The second kappa shape index (κ2) is 6.19. The van der Waals surface area contributed by atoms with Gasteiger partial charge in [-0.05, 0) is 24.7 Å². The van der Waals surface area contributed by atoms with E-state index in [9.17, 15) is 0 Å². The summed E-state index contributed by atoms with van der Waals surface area (Å²) in [4.78, 5) is 8.59. The number of hydrogen-bond donors (Lipinski definition) is 2. The Kier molecular flexibility index (Phi) is 4.58. The number of anilines is 2. The fourth-order valence-corrected chi connectivity index (χ4v) is 3.00. The highest BCUT2D eigenvalue weighted by Crippen LogP contribution is 2.35. The van der Waals surface area contributed by atoms with Crippen molar-refractivity contribution in [2.24, 2.45) is 11.8 Å². The van der Waals surface area contributed by atoms with Crippen molar-refractivity contribution in [1.82, 2.24) is 9.97 Å². The highest BCUT2D eigenvalue weighted by atomic mass is 16.5. The fourth-order valence-electron chi connectivity index (χ4n) is 3.00. The first kappa shape index (κ1) is 14.1. The summed E-state index contributed by atoms with van der Waals surface area (Å²) in [7, 11) is 1.63. The number of rotatable bonds is 5. The third-order valence-corrected chi connectivity index (χ3v) is 4.15. The molecule has 1 aliphatic rings. The van der Waals surface area contributed by atoms with E-state index in [-0.39, 0.29) is 0 Å². The lowest BCUT2D eigenvalue weighted by Crippen LogP contribution is -2.25. The summed E-state index contributed by atoms with van der Waals surface area (Å²) in [6, 6.07) is 2.28. The summed E-state index contributed by atoms with van der Waals surface area (Å²) < 4.78 is 5.06. The average Bonchev–Trinajstić information content (AvgIpc) is 2.70. The number of nitrogens with zero attached hydrogens (tertiary/aromatic N) is 2. The van der Waals surface area contributed by atoms with E-state index >= 15 is 0 Å². The molecule has 0 radical (unpaired) electrons. The van der Waals surface area contributed by atoms with Gasteiger partial charge in [0.2, 0.25) is 0 Å². The smallest absolute Gasteiger partial charge is 0.158 e. The number of methoxy groups -OCH3 is 1. The Morgan fingerprint density at radius 2 is 2.21 bits per heavy atom. The topological polar surface area (TPSA) is 73.1 Å². The van der Waals surface area contributed by atoms with Gasteiger partial charge in [-0.15, -0.1) is 0 Å². The number of ether oxygens (including phenoxy) is 1. The van der Waals surface area contributed by atoms with E-state index in [0.717, 1.165) is 11.7 Å². The van der Waals surface area contributed by atoms with E-state index in [1.165, 1.54) is 19.3 Å². The largest absolute Gasteiger partial charge is 0.384 e. The van der Waals surface area contributed by atoms with E-state index in [2.05, 4.69) is 29.1 Å². The summed E-state index contributed by atoms with van der Waals surface area (Å²) in [6.45, 7) is 4.97. The van der Waals surface area contributed by atoms with Gasteiger partial charge < -0.3 is 15.8 Å². The molecule has 0 saturated heterocycles. The third-order valence-electron chi connectivity index (χ3n) is 4.15. The molecule has 0 amide bonds. The first-order valence-electron chi connectivity index (χ1n) is 7.03. The Balaban J connectivity index is 2.06. The van der Waals surface area contributed by atoms with Crippen LogP contribution in [0.1, 0.15) is 38.9 Å². The van der Waals surface area contributed by atoms with E-state index in [1.807, 2.05) is 0 Å². The minimum Gasteiger partial charge on any atom is -0.384 e. The Bertz CT molecular complexity index is 424. The lowest BCUT2D eigenvalue weighted by Gasteiger charge is -2.21. The van der Waals surface area contributed by atoms with Gasteiger partial charge in [0.15, 0.2) is 5.82 Å². The van der Waals surface area contributed by atoms with E-state index in [4.69, 9.17) is 10.5 Å². The number of aromatic nitrogens is 2. The van der Waals surface area contributed by atoms with Crippen LogP contribution in [-0.4, -0.2) is 23.1 Å². The highest BCUT2D eigenvalue weighted by Gasteiger charge is 2.31. The van der Waals surface area contributed by atoms with Gasteiger partial charge in [0, 0.05) is 19.2 Å². The minimum absolute atomic E-state index is 0.386. The third kappa shape index (κ3) is 3.35. The minimum atomic E-state index is 0.386. The molecule has 19 heavy (non-hydrogen) atoms. The molecule has 1 fully saturated rings. The highest BCUT2D eigenvalue weighted by molar-refractivity contribution is 5.45.